The number of aromatic nitrogens is 2. The monoisotopic (exact) mass is 234 g/mol. The first-order valence-corrected chi connectivity index (χ1v) is 5.38. The van der Waals surface area contributed by atoms with E-state index in [1.807, 2.05) is 38.1 Å². The first kappa shape index (κ1) is 11.0. The molecule has 0 aliphatic heterocycles. The summed E-state index contributed by atoms with van der Waals surface area (Å²) < 4.78 is 0. The molecule has 0 radical (unpaired) electrons. The molecule has 0 saturated heterocycles. The summed E-state index contributed by atoms with van der Waals surface area (Å²) in [5.74, 6) is 0.508. The van der Waals surface area contributed by atoms with Crippen molar-refractivity contribution in [1.29, 1.82) is 0 Å². The molecule has 0 aliphatic rings. The Hall–Kier alpha value is -1.55. The van der Waals surface area contributed by atoms with Gasteiger partial charge in [0, 0.05) is 10.8 Å². The van der Waals surface area contributed by atoms with E-state index in [0.717, 1.165) is 10.8 Å². The minimum atomic E-state index is 0.135. The summed E-state index contributed by atoms with van der Waals surface area (Å²) >= 11 is 5.95. The fraction of sp³-hybridized carbons (Fsp3) is 0.273. The Bertz CT molecular complexity index is 536. The van der Waals surface area contributed by atoms with Crippen molar-refractivity contribution in [2.45, 2.75) is 19.9 Å². The molecule has 0 spiro atoms. The molecule has 0 atom stereocenters. The fourth-order valence-electron chi connectivity index (χ4n) is 1.30. The van der Waals surface area contributed by atoms with Crippen molar-refractivity contribution < 1.29 is 0 Å². The van der Waals surface area contributed by atoms with E-state index < -0.39 is 0 Å². The molecule has 5 heteroatoms. The van der Waals surface area contributed by atoms with E-state index in [2.05, 4.69) is 20.4 Å². The Morgan fingerprint density at radius 2 is 1.81 bits per heavy atom. The van der Waals surface area contributed by atoms with E-state index in [-0.39, 0.29) is 6.04 Å². The number of rotatable bonds is 2. The average molecular weight is 235 g/mol. The number of hydrogen-bond donors (Lipinski definition) is 0. The molecule has 2 aromatic rings. The molecule has 0 fully saturated rings. The van der Waals surface area contributed by atoms with E-state index in [1.54, 1.807) is 0 Å². The highest BCUT2D eigenvalue weighted by Gasteiger charge is 2.06. The predicted molar refractivity (Wildman–Crippen MR) is 64.2 cm³/mol. The summed E-state index contributed by atoms with van der Waals surface area (Å²) in [5, 5.41) is 18.0. The van der Waals surface area contributed by atoms with Gasteiger partial charge in [0.2, 0.25) is 5.82 Å². The molecule has 4 nitrogen and oxygen atoms in total. The van der Waals surface area contributed by atoms with Crippen LogP contribution < -0.4 is 0 Å². The summed E-state index contributed by atoms with van der Waals surface area (Å²) in [7, 11) is 0. The van der Waals surface area contributed by atoms with Gasteiger partial charge < -0.3 is 0 Å². The van der Waals surface area contributed by atoms with E-state index in [9.17, 15) is 0 Å². The quantitative estimate of drug-likeness (QED) is 0.743. The standard InChI is InChI=1S/C11H11ClN4/c1-7(2)13-15-11-9-6-4-3-5-8(9)10(12)14-16-11/h3-7H,1-2H3. The van der Waals surface area contributed by atoms with Crippen LogP contribution in [0, 0.1) is 0 Å². The molecule has 1 heterocycles. The molecule has 16 heavy (non-hydrogen) atoms. The van der Waals surface area contributed by atoms with Gasteiger partial charge in [-0.2, -0.15) is 5.11 Å². The van der Waals surface area contributed by atoms with Crippen LogP contribution in [-0.2, 0) is 0 Å². The van der Waals surface area contributed by atoms with Gasteiger partial charge in [-0.25, -0.2) is 0 Å². The topological polar surface area (TPSA) is 50.5 Å². The number of azo groups is 1. The summed E-state index contributed by atoms with van der Waals surface area (Å²) in [6, 6.07) is 7.75. The van der Waals surface area contributed by atoms with E-state index in [0.29, 0.717) is 11.0 Å². The Labute approximate surface area is 98.4 Å². The van der Waals surface area contributed by atoms with Gasteiger partial charge >= 0.3 is 0 Å². The van der Waals surface area contributed by atoms with Crippen LogP contribution in [0.1, 0.15) is 13.8 Å². The number of halogens is 1. The van der Waals surface area contributed by atoms with Crippen LogP contribution >= 0.6 is 11.6 Å². The van der Waals surface area contributed by atoms with Crippen LogP contribution in [0.3, 0.4) is 0 Å². The lowest BCUT2D eigenvalue weighted by Crippen LogP contribution is -1.88. The van der Waals surface area contributed by atoms with Gasteiger partial charge in [0.05, 0.1) is 6.04 Å². The van der Waals surface area contributed by atoms with Gasteiger partial charge in [0.25, 0.3) is 0 Å². The summed E-state index contributed by atoms with van der Waals surface area (Å²) in [6.07, 6.45) is 0. The van der Waals surface area contributed by atoms with Crippen molar-refractivity contribution in [2.24, 2.45) is 10.2 Å². The lowest BCUT2D eigenvalue weighted by atomic mass is 10.2. The van der Waals surface area contributed by atoms with Crippen molar-refractivity contribution in [1.82, 2.24) is 10.2 Å². The molecule has 0 unspecified atom stereocenters. The number of nitrogens with zero attached hydrogens (tertiary/aromatic N) is 4. The Balaban J connectivity index is 2.59. The van der Waals surface area contributed by atoms with Crippen molar-refractivity contribution in [2.75, 3.05) is 0 Å². The highest BCUT2D eigenvalue weighted by Crippen LogP contribution is 2.27. The van der Waals surface area contributed by atoms with E-state index >= 15 is 0 Å². The molecular formula is C11H11ClN4. The van der Waals surface area contributed by atoms with Gasteiger partial charge in [-0.05, 0) is 13.8 Å². The minimum Gasteiger partial charge on any atom is -0.184 e. The van der Waals surface area contributed by atoms with Crippen LogP contribution in [0.4, 0.5) is 5.82 Å². The lowest BCUT2D eigenvalue weighted by molar-refractivity contribution is 0.773. The number of fused-ring (bicyclic) bond motifs is 1. The second kappa shape index (κ2) is 4.53. The Morgan fingerprint density at radius 1 is 1.12 bits per heavy atom. The smallest absolute Gasteiger partial charge is 0.184 e. The third-order valence-corrected chi connectivity index (χ3v) is 2.29. The third kappa shape index (κ3) is 2.17. The average Bonchev–Trinajstić information content (AvgIpc) is 2.28. The Kier molecular flexibility index (Phi) is 3.10. The molecular weight excluding hydrogens is 224 g/mol. The molecule has 82 valence electrons. The largest absolute Gasteiger partial charge is 0.203 e. The first-order chi connectivity index (χ1) is 7.68. The lowest BCUT2D eigenvalue weighted by Gasteiger charge is -2.01. The summed E-state index contributed by atoms with van der Waals surface area (Å²) in [4.78, 5) is 0. The maximum atomic E-state index is 5.95. The second-order valence-electron chi connectivity index (χ2n) is 3.67. The van der Waals surface area contributed by atoms with Crippen LogP contribution in [0.25, 0.3) is 10.8 Å². The molecule has 1 aromatic heterocycles. The Morgan fingerprint density at radius 3 is 2.50 bits per heavy atom. The molecule has 2 rings (SSSR count). The van der Waals surface area contributed by atoms with Crippen molar-refractivity contribution in [3.05, 3.63) is 29.4 Å². The highest BCUT2D eigenvalue weighted by molar-refractivity contribution is 6.34. The molecule has 0 aliphatic carbocycles. The summed E-state index contributed by atoms with van der Waals surface area (Å²) in [5.41, 5.74) is 0. The minimum absolute atomic E-state index is 0.135. The van der Waals surface area contributed by atoms with Crippen LogP contribution in [0.2, 0.25) is 5.15 Å². The van der Waals surface area contributed by atoms with E-state index in [4.69, 9.17) is 11.6 Å². The fourth-order valence-corrected chi connectivity index (χ4v) is 1.50. The maximum Gasteiger partial charge on any atom is 0.203 e. The molecule has 0 N–H and O–H groups in total. The molecule has 0 bridgehead atoms. The zero-order valence-corrected chi connectivity index (χ0v) is 9.81. The van der Waals surface area contributed by atoms with Gasteiger partial charge in [0.15, 0.2) is 5.15 Å². The van der Waals surface area contributed by atoms with E-state index in [1.165, 1.54) is 0 Å². The first-order valence-electron chi connectivity index (χ1n) is 5.00. The molecule has 0 amide bonds. The predicted octanol–water partition coefficient (Wildman–Crippen LogP) is 3.78. The van der Waals surface area contributed by atoms with Gasteiger partial charge in [-0.15, -0.1) is 15.3 Å². The van der Waals surface area contributed by atoms with Gasteiger partial charge in [0.1, 0.15) is 0 Å². The van der Waals surface area contributed by atoms with Gasteiger partial charge in [-0.3, -0.25) is 0 Å². The van der Waals surface area contributed by atoms with Crippen molar-refractivity contribution in [3.63, 3.8) is 0 Å². The second-order valence-corrected chi connectivity index (χ2v) is 4.03. The number of hydrogen-bond acceptors (Lipinski definition) is 4. The van der Waals surface area contributed by atoms with Crippen LogP contribution in [-0.4, -0.2) is 16.2 Å². The zero-order valence-electron chi connectivity index (χ0n) is 9.05. The third-order valence-electron chi connectivity index (χ3n) is 2.01. The normalized spacial score (nSPS) is 11.8. The van der Waals surface area contributed by atoms with Gasteiger partial charge in [-0.1, -0.05) is 35.9 Å². The SMILES string of the molecule is CC(C)N=Nc1nnc(Cl)c2ccccc12. The maximum absolute atomic E-state index is 5.95. The molecule has 0 saturated carbocycles. The number of benzene rings is 1. The van der Waals surface area contributed by atoms with Crippen molar-refractivity contribution >= 4 is 28.2 Å². The molecule has 1 aromatic carbocycles. The van der Waals surface area contributed by atoms with Crippen molar-refractivity contribution in [3.8, 4) is 0 Å². The zero-order chi connectivity index (χ0) is 11.5. The highest BCUT2D eigenvalue weighted by atomic mass is 35.5. The van der Waals surface area contributed by atoms with Crippen LogP contribution in [0.5, 0.6) is 0 Å². The summed E-state index contributed by atoms with van der Waals surface area (Å²) in [6.45, 7) is 3.91. The van der Waals surface area contributed by atoms with Crippen LogP contribution in [0.15, 0.2) is 34.5 Å².